The van der Waals surface area contributed by atoms with Crippen LogP contribution in [0.3, 0.4) is 0 Å². The fraction of sp³-hybridized carbons (Fsp3) is 0.500. The monoisotopic (exact) mass is 317 g/mol. The summed E-state index contributed by atoms with van der Waals surface area (Å²) in [6, 6.07) is 0. The van der Waals surface area contributed by atoms with Crippen LogP contribution in [0, 0.1) is 0 Å². The summed E-state index contributed by atoms with van der Waals surface area (Å²) >= 11 is 0. The van der Waals surface area contributed by atoms with E-state index in [-0.39, 0.29) is 35.3 Å². The smallest absolute Gasteiger partial charge is 0.543 e. The van der Waals surface area contributed by atoms with Crippen molar-refractivity contribution in [3.8, 4) is 0 Å². The van der Waals surface area contributed by atoms with E-state index in [4.69, 9.17) is 4.43 Å². The molecule has 0 radical (unpaired) electrons. The zero-order valence-electron chi connectivity index (χ0n) is 11.0. The molecule has 0 aliphatic heterocycles. The van der Waals surface area contributed by atoms with Crippen molar-refractivity contribution in [2.24, 2.45) is 4.99 Å². The van der Waals surface area contributed by atoms with Gasteiger partial charge in [0.1, 0.15) is 0 Å². The third-order valence-electron chi connectivity index (χ3n) is 2.11. The van der Waals surface area contributed by atoms with Crippen LogP contribution < -0.4 is 5.11 Å². The molecule has 0 spiro atoms. The standard InChI is InChI=1S/C12H21NO3Si.Cu/c1-6-8-11(12(14)15)13-9-10(3)16-17(4,5)7-2;/h6-7,10H,1-2,8-9H2,3-5H3,(H,14,15);/q;+1/p-1. The van der Waals surface area contributed by atoms with E-state index < -0.39 is 14.3 Å². The first-order chi connectivity index (χ1) is 7.82. The molecule has 106 valence electrons. The van der Waals surface area contributed by atoms with Gasteiger partial charge in [-0.2, -0.15) is 0 Å². The summed E-state index contributed by atoms with van der Waals surface area (Å²) in [6.07, 6.45) is 1.56. The Morgan fingerprint density at radius 1 is 1.50 bits per heavy atom. The SMILES string of the molecule is C=CCC(=NCC(C)O[Si](C)(C)C=C)C(=O)[O-].[Cu+]. The average molecular weight is 318 g/mol. The molecule has 0 rings (SSSR count). The van der Waals surface area contributed by atoms with Crippen LogP contribution in [0.5, 0.6) is 0 Å². The van der Waals surface area contributed by atoms with Crippen molar-refractivity contribution in [2.45, 2.75) is 32.5 Å². The Hall–Kier alpha value is -0.684. The fourth-order valence-electron chi connectivity index (χ4n) is 1.19. The summed E-state index contributed by atoms with van der Waals surface area (Å²) in [5.74, 6) is -1.25. The van der Waals surface area contributed by atoms with Gasteiger partial charge in [-0.3, -0.25) is 4.99 Å². The van der Waals surface area contributed by atoms with Crippen LogP contribution in [0.1, 0.15) is 13.3 Å². The Bertz CT molecular complexity index is 329. The number of carbonyl (C=O) groups excluding carboxylic acids is 1. The molecule has 0 aliphatic carbocycles. The predicted molar refractivity (Wildman–Crippen MR) is 70.3 cm³/mol. The summed E-state index contributed by atoms with van der Waals surface area (Å²) in [5.41, 5.74) is 1.84. The minimum absolute atomic E-state index is 0. The molecular weight excluding hydrogens is 298 g/mol. The maximum Gasteiger partial charge on any atom is 1.00 e. The maximum absolute atomic E-state index is 10.7. The van der Waals surface area contributed by atoms with Crippen molar-refractivity contribution in [1.82, 2.24) is 0 Å². The number of aliphatic imine (C=N–C) groups is 1. The van der Waals surface area contributed by atoms with Crippen molar-refractivity contribution < 1.29 is 31.4 Å². The minimum Gasteiger partial charge on any atom is -0.543 e. The number of carboxylic acids is 1. The van der Waals surface area contributed by atoms with Gasteiger partial charge in [-0.05, 0) is 20.0 Å². The summed E-state index contributed by atoms with van der Waals surface area (Å²) in [6.45, 7) is 13.4. The number of rotatable bonds is 8. The molecule has 0 heterocycles. The third-order valence-corrected chi connectivity index (χ3v) is 4.10. The van der Waals surface area contributed by atoms with Gasteiger partial charge in [-0.15, -0.1) is 13.2 Å². The molecule has 6 heteroatoms. The van der Waals surface area contributed by atoms with Gasteiger partial charge in [0.25, 0.3) is 0 Å². The molecule has 0 aliphatic rings. The van der Waals surface area contributed by atoms with Crippen LogP contribution in [0.25, 0.3) is 0 Å². The van der Waals surface area contributed by atoms with Crippen molar-refractivity contribution >= 4 is 20.0 Å². The number of hydrogen-bond acceptors (Lipinski definition) is 4. The van der Waals surface area contributed by atoms with E-state index in [1.54, 1.807) is 0 Å². The Balaban J connectivity index is 0. The number of carboxylic acid groups (broad SMARTS) is 1. The third kappa shape index (κ3) is 8.41. The van der Waals surface area contributed by atoms with E-state index in [0.717, 1.165) is 0 Å². The first kappa shape index (κ1) is 19.7. The van der Waals surface area contributed by atoms with Gasteiger partial charge in [-0.1, -0.05) is 11.8 Å². The number of hydrogen-bond donors (Lipinski definition) is 0. The van der Waals surface area contributed by atoms with E-state index in [9.17, 15) is 9.90 Å². The first-order valence-electron chi connectivity index (χ1n) is 5.49. The van der Waals surface area contributed by atoms with Crippen LogP contribution in [0.2, 0.25) is 13.1 Å². The molecule has 0 fully saturated rings. The fourth-order valence-corrected chi connectivity index (χ4v) is 2.40. The summed E-state index contributed by atoms with van der Waals surface area (Å²) in [5, 5.41) is 10.7. The Morgan fingerprint density at radius 2 is 2.06 bits per heavy atom. The van der Waals surface area contributed by atoms with E-state index >= 15 is 0 Å². The predicted octanol–water partition coefficient (Wildman–Crippen LogP) is 1.09. The summed E-state index contributed by atoms with van der Waals surface area (Å²) in [4.78, 5) is 14.7. The molecule has 0 bridgehead atoms. The average Bonchev–Trinajstić information content (AvgIpc) is 2.23. The normalized spacial score (nSPS) is 13.4. The van der Waals surface area contributed by atoms with E-state index in [1.807, 2.05) is 25.7 Å². The van der Waals surface area contributed by atoms with Crippen molar-refractivity contribution in [2.75, 3.05) is 6.54 Å². The molecule has 0 N–H and O–H groups in total. The van der Waals surface area contributed by atoms with Gasteiger partial charge < -0.3 is 14.3 Å². The zero-order valence-corrected chi connectivity index (χ0v) is 13.0. The van der Waals surface area contributed by atoms with Crippen molar-refractivity contribution in [3.05, 3.63) is 24.9 Å². The van der Waals surface area contributed by atoms with E-state index in [0.29, 0.717) is 6.54 Å². The van der Waals surface area contributed by atoms with Crippen LogP contribution in [0.4, 0.5) is 0 Å². The van der Waals surface area contributed by atoms with Crippen molar-refractivity contribution in [1.29, 1.82) is 0 Å². The topological polar surface area (TPSA) is 61.7 Å². The quantitative estimate of drug-likeness (QED) is 0.382. The molecule has 0 saturated carbocycles. The first-order valence-corrected chi connectivity index (χ1v) is 8.48. The number of carbonyl (C=O) groups is 1. The van der Waals surface area contributed by atoms with Gasteiger partial charge in [0.05, 0.1) is 24.3 Å². The molecule has 0 saturated heterocycles. The van der Waals surface area contributed by atoms with Crippen LogP contribution in [-0.2, 0) is 26.3 Å². The Morgan fingerprint density at radius 3 is 2.44 bits per heavy atom. The van der Waals surface area contributed by atoms with Gasteiger partial charge >= 0.3 is 17.1 Å². The molecule has 1 unspecified atom stereocenters. The van der Waals surface area contributed by atoms with Gasteiger partial charge in [0.2, 0.25) is 8.32 Å². The second-order valence-electron chi connectivity index (χ2n) is 4.30. The molecule has 0 amide bonds. The Kier molecular flexibility index (Phi) is 10.1. The minimum atomic E-state index is -1.85. The maximum atomic E-state index is 10.7. The largest absolute Gasteiger partial charge is 1.00 e. The van der Waals surface area contributed by atoms with Gasteiger partial charge in [0.15, 0.2) is 0 Å². The Labute approximate surface area is 120 Å². The van der Waals surface area contributed by atoms with Gasteiger partial charge in [-0.25, -0.2) is 0 Å². The molecule has 1 atom stereocenters. The molecule has 4 nitrogen and oxygen atoms in total. The van der Waals surface area contributed by atoms with Gasteiger partial charge in [0, 0.05) is 6.42 Å². The van der Waals surface area contributed by atoms with Crippen LogP contribution >= 0.6 is 0 Å². The molecule has 0 aromatic carbocycles. The summed E-state index contributed by atoms with van der Waals surface area (Å²) in [7, 11) is -1.85. The molecular formula is C12H20CuNO3Si. The zero-order chi connectivity index (χ0) is 13.5. The van der Waals surface area contributed by atoms with Crippen molar-refractivity contribution in [3.63, 3.8) is 0 Å². The number of allylic oxidation sites excluding steroid dienone is 1. The number of nitrogens with zero attached hydrogens (tertiary/aromatic N) is 1. The van der Waals surface area contributed by atoms with E-state index in [1.165, 1.54) is 6.08 Å². The summed E-state index contributed by atoms with van der Waals surface area (Å²) < 4.78 is 5.77. The van der Waals surface area contributed by atoms with Crippen LogP contribution in [0.15, 0.2) is 29.9 Å². The van der Waals surface area contributed by atoms with Crippen LogP contribution in [-0.4, -0.2) is 32.6 Å². The van der Waals surface area contributed by atoms with E-state index in [2.05, 4.69) is 18.2 Å². The number of aliphatic carboxylic acids is 1. The molecule has 18 heavy (non-hydrogen) atoms. The second-order valence-corrected chi connectivity index (χ2v) is 8.15. The molecule has 0 aromatic rings. The second kappa shape index (κ2) is 9.27. The molecule has 0 aromatic heterocycles.